The third kappa shape index (κ3) is 5.64. The molecule has 29 heavy (non-hydrogen) atoms. The van der Waals surface area contributed by atoms with Crippen molar-refractivity contribution in [2.45, 2.75) is 38.5 Å². The maximum absolute atomic E-state index is 5.69. The molecule has 2 saturated heterocycles. The third-order valence-electron chi connectivity index (χ3n) is 6.08. The van der Waals surface area contributed by atoms with Gasteiger partial charge < -0.3 is 24.4 Å². The van der Waals surface area contributed by atoms with E-state index < -0.39 is 0 Å². The smallest absolute Gasteiger partial charge is 0.193 e. The second-order valence-electron chi connectivity index (χ2n) is 8.08. The number of likely N-dealkylation sites (tertiary alicyclic amines) is 1. The Hall–Kier alpha value is -1.79. The Morgan fingerprint density at radius 1 is 1.24 bits per heavy atom. The number of hydrogen-bond donors (Lipinski definition) is 1. The number of nitrogens with one attached hydrogen (secondary N) is 1. The zero-order valence-electron chi connectivity index (χ0n) is 18.3. The molecule has 3 rings (SSSR count). The Balaban J connectivity index is 1.77. The van der Waals surface area contributed by atoms with Crippen molar-refractivity contribution in [2.24, 2.45) is 10.9 Å². The molecule has 1 aromatic carbocycles. The van der Waals surface area contributed by atoms with Crippen LogP contribution in [0.4, 0.5) is 0 Å². The molecule has 1 aromatic rings. The molecule has 2 fully saturated rings. The molecule has 2 aliphatic rings. The number of guanidine groups is 1. The summed E-state index contributed by atoms with van der Waals surface area (Å²) in [6.07, 6.45) is 3.16. The highest BCUT2D eigenvalue weighted by Gasteiger charge is 2.35. The van der Waals surface area contributed by atoms with E-state index in [9.17, 15) is 0 Å². The fraction of sp³-hybridized carbons (Fsp3) is 0.696. The van der Waals surface area contributed by atoms with Gasteiger partial charge in [0.2, 0.25) is 0 Å². The molecule has 0 aromatic heterocycles. The second-order valence-corrected chi connectivity index (χ2v) is 8.08. The lowest BCUT2D eigenvalue weighted by Crippen LogP contribution is -2.43. The lowest BCUT2D eigenvalue weighted by atomic mass is 9.74. The molecule has 1 N–H and O–H groups in total. The van der Waals surface area contributed by atoms with Crippen LogP contribution in [-0.2, 0) is 14.9 Å². The first-order valence-corrected chi connectivity index (χ1v) is 11.0. The van der Waals surface area contributed by atoms with Crippen LogP contribution in [0.3, 0.4) is 0 Å². The van der Waals surface area contributed by atoms with Crippen LogP contribution < -0.4 is 10.1 Å². The van der Waals surface area contributed by atoms with Crippen LogP contribution in [-0.4, -0.2) is 70.6 Å². The second kappa shape index (κ2) is 10.8. The van der Waals surface area contributed by atoms with Crippen LogP contribution >= 0.6 is 0 Å². The summed E-state index contributed by atoms with van der Waals surface area (Å²) in [7, 11) is 1.79. The largest absolute Gasteiger partial charge is 0.494 e. The van der Waals surface area contributed by atoms with E-state index in [1.54, 1.807) is 7.11 Å². The summed E-state index contributed by atoms with van der Waals surface area (Å²) in [5, 5.41) is 3.51. The van der Waals surface area contributed by atoms with Gasteiger partial charge in [-0.15, -0.1) is 0 Å². The van der Waals surface area contributed by atoms with E-state index in [1.165, 1.54) is 5.56 Å². The van der Waals surface area contributed by atoms with Gasteiger partial charge in [-0.1, -0.05) is 12.1 Å². The number of benzene rings is 1. The summed E-state index contributed by atoms with van der Waals surface area (Å²) in [6, 6.07) is 8.59. The molecule has 6 heteroatoms. The molecule has 2 heterocycles. The topological polar surface area (TPSA) is 55.3 Å². The van der Waals surface area contributed by atoms with Gasteiger partial charge in [-0.3, -0.25) is 4.99 Å². The van der Waals surface area contributed by atoms with Gasteiger partial charge in [-0.05, 0) is 50.8 Å². The van der Waals surface area contributed by atoms with E-state index in [2.05, 4.69) is 41.4 Å². The van der Waals surface area contributed by atoms with Crippen LogP contribution in [0.15, 0.2) is 29.3 Å². The minimum atomic E-state index is 0.0231. The van der Waals surface area contributed by atoms with Crippen LogP contribution in [0.5, 0.6) is 5.75 Å². The summed E-state index contributed by atoms with van der Waals surface area (Å²) in [6.45, 7) is 10.9. The van der Waals surface area contributed by atoms with E-state index in [4.69, 9.17) is 19.2 Å². The van der Waals surface area contributed by atoms with Crippen molar-refractivity contribution < 1.29 is 14.2 Å². The van der Waals surface area contributed by atoms with Gasteiger partial charge in [0.1, 0.15) is 5.75 Å². The summed E-state index contributed by atoms with van der Waals surface area (Å²) >= 11 is 0. The molecule has 2 aliphatic heterocycles. The molecule has 0 aliphatic carbocycles. The minimum absolute atomic E-state index is 0.0231. The first-order chi connectivity index (χ1) is 14.2. The van der Waals surface area contributed by atoms with Crippen molar-refractivity contribution in [3.63, 3.8) is 0 Å². The normalized spacial score (nSPS) is 22.0. The van der Waals surface area contributed by atoms with Crippen molar-refractivity contribution >= 4 is 5.96 Å². The van der Waals surface area contributed by atoms with Gasteiger partial charge in [0, 0.05) is 51.3 Å². The van der Waals surface area contributed by atoms with E-state index >= 15 is 0 Å². The standard InChI is InChI=1S/C23H37N3O3/c1-4-24-22(26-13-10-19(16-26)17-27-3)25-18-23(11-14-28-15-12-23)20-6-8-21(9-7-20)29-5-2/h6-9,19H,4-5,10-18H2,1-3H3,(H,24,25). The Labute approximate surface area is 175 Å². The SMILES string of the molecule is CCNC(=NCC1(c2ccc(OCC)cc2)CCOCC1)N1CCC(COC)C1. The Bertz CT molecular complexity index is 641. The molecule has 6 nitrogen and oxygen atoms in total. The summed E-state index contributed by atoms with van der Waals surface area (Å²) in [5.41, 5.74) is 1.36. The van der Waals surface area contributed by atoms with E-state index in [-0.39, 0.29) is 5.41 Å². The number of hydrogen-bond acceptors (Lipinski definition) is 4. The molecule has 0 amide bonds. The van der Waals surface area contributed by atoms with E-state index in [1.807, 2.05) is 6.92 Å². The first-order valence-electron chi connectivity index (χ1n) is 11.0. The lowest BCUT2D eigenvalue weighted by molar-refractivity contribution is 0.0530. The predicted octanol–water partition coefficient (Wildman–Crippen LogP) is 3.07. The van der Waals surface area contributed by atoms with Crippen LogP contribution in [0.2, 0.25) is 0 Å². The lowest BCUT2D eigenvalue weighted by Gasteiger charge is -2.37. The molecule has 0 spiro atoms. The predicted molar refractivity (Wildman–Crippen MR) is 117 cm³/mol. The quantitative estimate of drug-likeness (QED) is 0.534. The van der Waals surface area contributed by atoms with Gasteiger partial charge in [0.05, 0.1) is 19.8 Å². The maximum Gasteiger partial charge on any atom is 0.193 e. The minimum Gasteiger partial charge on any atom is -0.494 e. The van der Waals surface area contributed by atoms with E-state index in [0.29, 0.717) is 12.5 Å². The third-order valence-corrected chi connectivity index (χ3v) is 6.08. The Kier molecular flexibility index (Phi) is 8.19. The average Bonchev–Trinajstić information content (AvgIpc) is 3.21. The monoisotopic (exact) mass is 403 g/mol. The molecular formula is C23H37N3O3. The van der Waals surface area contributed by atoms with Gasteiger partial charge in [0.25, 0.3) is 0 Å². The van der Waals surface area contributed by atoms with Crippen molar-refractivity contribution in [3.05, 3.63) is 29.8 Å². The summed E-state index contributed by atoms with van der Waals surface area (Å²) in [5.74, 6) is 2.55. The molecule has 0 bridgehead atoms. The number of nitrogens with zero attached hydrogens (tertiary/aromatic N) is 2. The molecule has 0 radical (unpaired) electrons. The molecule has 0 saturated carbocycles. The molecule has 1 unspecified atom stereocenters. The first kappa shape index (κ1) is 21.9. The fourth-order valence-corrected chi connectivity index (χ4v) is 4.42. The highest BCUT2D eigenvalue weighted by Crippen LogP contribution is 2.36. The average molecular weight is 404 g/mol. The number of methoxy groups -OCH3 is 1. The molecule has 162 valence electrons. The highest BCUT2D eigenvalue weighted by atomic mass is 16.5. The van der Waals surface area contributed by atoms with Gasteiger partial charge in [-0.25, -0.2) is 0 Å². The molecule has 1 atom stereocenters. The highest BCUT2D eigenvalue weighted by molar-refractivity contribution is 5.80. The maximum atomic E-state index is 5.69. The van der Waals surface area contributed by atoms with Gasteiger partial charge in [0.15, 0.2) is 5.96 Å². The van der Waals surface area contributed by atoms with Crippen LogP contribution in [0.25, 0.3) is 0 Å². The Morgan fingerprint density at radius 2 is 2.00 bits per heavy atom. The van der Waals surface area contributed by atoms with E-state index in [0.717, 1.165) is 77.0 Å². The zero-order chi connectivity index (χ0) is 20.5. The fourth-order valence-electron chi connectivity index (χ4n) is 4.42. The van der Waals surface area contributed by atoms with Gasteiger partial charge in [-0.2, -0.15) is 0 Å². The van der Waals surface area contributed by atoms with Crippen molar-refractivity contribution in [2.75, 3.05) is 59.7 Å². The number of aliphatic imine (C=N–C) groups is 1. The zero-order valence-corrected chi connectivity index (χ0v) is 18.3. The molecular weight excluding hydrogens is 366 g/mol. The van der Waals surface area contributed by atoms with Crippen LogP contribution in [0, 0.1) is 5.92 Å². The van der Waals surface area contributed by atoms with Crippen molar-refractivity contribution in [1.29, 1.82) is 0 Å². The van der Waals surface area contributed by atoms with Crippen molar-refractivity contribution in [3.8, 4) is 5.75 Å². The van der Waals surface area contributed by atoms with Crippen LogP contribution in [0.1, 0.15) is 38.7 Å². The number of rotatable bonds is 8. The Morgan fingerprint density at radius 3 is 2.66 bits per heavy atom. The summed E-state index contributed by atoms with van der Waals surface area (Å²) < 4.78 is 16.7. The van der Waals surface area contributed by atoms with Gasteiger partial charge >= 0.3 is 0 Å². The number of ether oxygens (including phenoxy) is 3. The van der Waals surface area contributed by atoms with Crippen molar-refractivity contribution in [1.82, 2.24) is 10.2 Å². The summed E-state index contributed by atoms with van der Waals surface area (Å²) in [4.78, 5) is 7.51.